The lowest BCUT2D eigenvalue weighted by Crippen LogP contribution is -2.55. The zero-order valence-corrected chi connectivity index (χ0v) is 21.1. The fourth-order valence-corrected chi connectivity index (χ4v) is 4.59. The van der Waals surface area contributed by atoms with Gasteiger partial charge in [-0.15, -0.1) is 0 Å². The molecule has 0 heterocycles. The molecule has 0 aliphatic heterocycles. The predicted molar refractivity (Wildman–Crippen MR) is 133 cm³/mol. The Kier molecular flexibility index (Phi) is 8.73. The zero-order valence-electron chi connectivity index (χ0n) is 20.3. The summed E-state index contributed by atoms with van der Waals surface area (Å²) in [6.07, 6.45) is 5.94. The molecule has 2 aliphatic rings. The molecule has 0 radical (unpaired) electrons. The number of nitrogens with one attached hydrogen (secondary N) is 2. The third-order valence-corrected chi connectivity index (χ3v) is 6.40. The van der Waals surface area contributed by atoms with E-state index in [2.05, 4.69) is 23.3 Å². The molecule has 2 fully saturated rings. The van der Waals surface area contributed by atoms with E-state index in [4.69, 9.17) is 4.74 Å². The summed E-state index contributed by atoms with van der Waals surface area (Å²) < 4.78 is 5.32. The highest BCUT2D eigenvalue weighted by Gasteiger charge is 2.44. The van der Waals surface area contributed by atoms with Crippen molar-refractivity contribution >= 4 is 30.5 Å². The molecule has 8 nitrogen and oxygen atoms in total. The maximum atomic E-state index is 13.7. The smallest absolute Gasteiger partial charge is 0.408 e. The van der Waals surface area contributed by atoms with Crippen LogP contribution in [0.4, 0.5) is 4.79 Å². The highest BCUT2D eigenvalue weighted by atomic mass is 32.1. The van der Waals surface area contributed by atoms with Gasteiger partial charge in [0.2, 0.25) is 11.8 Å². The van der Waals surface area contributed by atoms with Crippen molar-refractivity contribution < 1.29 is 24.2 Å². The van der Waals surface area contributed by atoms with Gasteiger partial charge in [-0.25, -0.2) is 4.79 Å². The van der Waals surface area contributed by atoms with Crippen molar-refractivity contribution in [3.63, 3.8) is 0 Å². The van der Waals surface area contributed by atoms with Crippen molar-refractivity contribution in [2.24, 2.45) is 0 Å². The van der Waals surface area contributed by atoms with Crippen molar-refractivity contribution in [1.29, 1.82) is 0 Å². The number of nitrogens with zero attached hydrogens (tertiary/aromatic N) is 1. The molecule has 2 atom stereocenters. The maximum Gasteiger partial charge on any atom is 0.408 e. The fourth-order valence-electron chi connectivity index (χ4n) is 4.35. The standard InChI is InChI=1S/C25H37N3O5S/c1-25(2,3)33-24(32)27-20(15-34)23(31)28(18-12-13-18)21(16-8-7-11-19(29)14-16)22(30)26-17-9-5-4-6-10-17/h7-8,11,14,17-18,20-21,29,34H,4-6,9-10,12-13,15H2,1-3H3,(H,26,30)(H,27,32). The minimum absolute atomic E-state index is 0.0220. The normalized spacial score (nSPS) is 18.5. The molecule has 2 saturated carbocycles. The van der Waals surface area contributed by atoms with Crippen molar-refractivity contribution in [2.45, 2.75) is 95.5 Å². The van der Waals surface area contributed by atoms with Crippen LogP contribution < -0.4 is 10.6 Å². The van der Waals surface area contributed by atoms with Gasteiger partial charge in [0, 0.05) is 17.8 Å². The second-order valence-electron chi connectivity index (χ2n) is 10.2. The first kappa shape index (κ1) is 26.2. The van der Waals surface area contributed by atoms with E-state index in [0.717, 1.165) is 44.9 Å². The Labute approximate surface area is 207 Å². The molecule has 3 amide bonds. The summed E-state index contributed by atoms with van der Waals surface area (Å²) in [4.78, 5) is 41.3. The lowest BCUT2D eigenvalue weighted by Gasteiger charge is -2.35. The van der Waals surface area contributed by atoms with Crippen LogP contribution in [-0.4, -0.2) is 57.4 Å². The zero-order chi connectivity index (χ0) is 24.9. The van der Waals surface area contributed by atoms with Crippen LogP contribution in [0.2, 0.25) is 0 Å². The highest BCUT2D eigenvalue weighted by Crippen LogP contribution is 2.36. The van der Waals surface area contributed by atoms with Gasteiger partial charge in [-0.2, -0.15) is 12.6 Å². The molecular weight excluding hydrogens is 454 g/mol. The number of alkyl carbamates (subject to hydrolysis) is 1. The number of rotatable bonds is 8. The molecule has 0 saturated heterocycles. The van der Waals surface area contributed by atoms with Crippen molar-refractivity contribution in [1.82, 2.24) is 15.5 Å². The summed E-state index contributed by atoms with van der Waals surface area (Å²) in [5.74, 6) is -0.588. The lowest BCUT2D eigenvalue weighted by atomic mass is 9.94. The number of ether oxygens (including phenoxy) is 1. The van der Waals surface area contributed by atoms with Crippen molar-refractivity contribution in [3.8, 4) is 5.75 Å². The molecule has 1 aromatic carbocycles. The van der Waals surface area contributed by atoms with E-state index in [1.807, 2.05) is 0 Å². The average molecular weight is 492 g/mol. The monoisotopic (exact) mass is 491 g/mol. The van der Waals surface area contributed by atoms with E-state index in [-0.39, 0.29) is 29.5 Å². The van der Waals surface area contributed by atoms with Crippen LogP contribution in [-0.2, 0) is 14.3 Å². The van der Waals surface area contributed by atoms with Gasteiger partial charge in [0.05, 0.1) is 0 Å². The van der Waals surface area contributed by atoms with E-state index >= 15 is 0 Å². The summed E-state index contributed by atoms with van der Waals surface area (Å²) in [7, 11) is 0. The van der Waals surface area contributed by atoms with Crippen molar-refractivity contribution in [2.75, 3.05) is 5.75 Å². The minimum atomic E-state index is -0.957. The number of phenols is 1. The summed E-state index contributed by atoms with van der Waals surface area (Å²) >= 11 is 4.30. The molecule has 3 N–H and O–H groups in total. The van der Waals surface area contributed by atoms with E-state index in [1.165, 1.54) is 12.1 Å². The predicted octanol–water partition coefficient (Wildman–Crippen LogP) is 3.70. The number of aromatic hydroxyl groups is 1. The van der Waals surface area contributed by atoms with Crippen LogP contribution in [0.1, 0.15) is 77.3 Å². The first-order valence-electron chi connectivity index (χ1n) is 12.1. The average Bonchev–Trinajstić information content (AvgIpc) is 3.59. The van der Waals surface area contributed by atoms with E-state index < -0.39 is 29.7 Å². The summed E-state index contributed by atoms with van der Waals surface area (Å²) in [5, 5.41) is 15.9. The first-order chi connectivity index (χ1) is 16.1. The second-order valence-corrected chi connectivity index (χ2v) is 10.6. The van der Waals surface area contributed by atoms with Crippen molar-refractivity contribution in [3.05, 3.63) is 29.8 Å². The number of thiol groups is 1. The molecule has 9 heteroatoms. The molecule has 2 unspecified atom stereocenters. The molecule has 2 aliphatic carbocycles. The Morgan fingerprint density at radius 1 is 1.15 bits per heavy atom. The second kappa shape index (κ2) is 11.3. The first-order valence-corrected chi connectivity index (χ1v) is 12.7. The third kappa shape index (κ3) is 7.29. The van der Waals surface area contributed by atoms with Gasteiger partial charge in [-0.1, -0.05) is 31.4 Å². The molecule has 1 aromatic rings. The fraction of sp³-hybridized carbons (Fsp3) is 0.640. The van der Waals surface area contributed by atoms with Crippen LogP contribution in [0, 0.1) is 0 Å². The number of phenolic OH excluding ortho intramolecular Hbond substituents is 1. The number of benzene rings is 1. The Bertz CT molecular complexity index is 878. The Hall–Kier alpha value is -2.42. The summed E-state index contributed by atoms with van der Waals surface area (Å²) in [6, 6.07) is 4.52. The molecular formula is C25H37N3O5S. The van der Waals surface area contributed by atoms with Crippen LogP contribution in [0.25, 0.3) is 0 Å². The minimum Gasteiger partial charge on any atom is -0.508 e. The van der Waals surface area contributed by atoms with Gasteiger partial charge >= 0.3 is 6.09 Å². The third-order valence-electron chi connectivity index (χ3n) is 6.03. The SMILES string of the molecule is CC(C)(C)OC(=O)NC(CS)C(=O)N(C1CC1)C(C(=O)NC1CCCCC1)c1cccc(O)c1. The van der Waals surface area contributed by atoms with Gasteiger partial charge in [0.25, 0.3) is 0 Å². The van der Waals surface area contributed by atoms with Gasteiger partial charge < -0.3 is 25.4 Å². The Morgan fingerprint density at radius 3 is 2.38 bits per heavy atom. The largest absolute Gasteiger partial charge is 0.508 e. The van der Waals surface area contributed by atoms with Crippen LogP contribution in [0.15, 0.2) is 24.3 Å². The lowest BCUT2D eigenvalue weighted by molar-refractivity contribution is -0.143. The Balaban J connectivity index is 1.88. The van der Waals surface area contributed by atoms with E-state index in [0.29, 0.717) is 5.56 Å². The topological polar surface area (TPSA) is 108 Å². The van der Waals surface area contributed by atoms with Gasteiger partial charge in [-0.3, -0.25) is 9.59 Å². The van der Waals surface area contributed by atoms with E-state index in [9.17, 15) is 19.5 Å². The Morgan fingerprint density at radius 2 is 1.82 bits per heavy atom. The van der Waals surface area contributed by atoms with Crippen LogP contribution >= 0.6 is 12.6 Å². The van der Waals surface area contributed by atoms with Gasteiger partial charge in [-0.05, 0) is 64.2 Å². The van der Waals surface area contributed by atoms with Crippen LogP contribution in [0.5, 0.6) is 5.75 Å². The molecule has 0 spiro atoms. The maximum absolute atomic E-state index is 13.7. The molecule has 3 rings (SSSR count). The number of carbonyl (C=O) groups is 3. The number of hydrogen-bond donors (Lipinski definition) is 4. The molecule has 34 heavy (non-hydrogen) atoms. The van der Waals surface area contributed by atoms with E-state index in [1.54, 1.807) is 37.8 Å². The summed E-state index contributed by atoms with van der Waals surface area (Å²) in [5.41, 5.74) is -0.183. The molecule has 0 aromatic heterocycles. The molecule has 188 valence electrons. The number of hydrogen-bond acceptors (Lipinski definition) is 6. The van der Waals surface area contributed by atoms with Gasteiger partial charge in [0.15, 0.2) is 0 Å². The quantitative estimate of drug-likeness (QED) is 0.415. The number of amides is 3. The van der Waals surface area contributed by atoms with Gasteiger partial charge in [0.1, 0.15) is 23.4 Å². The summed E-state index contributed by atoms with van der Waals surface area (Å²) in [6.45, 7) is 5.23. The number of carbonyl (C=O) groups excluding carboxylic acids is 3. The van der Waals surface area contributed by atoms with Crippen LogP contribution in [0.3, 0.4) is 0 Å². The highest BCUT2D eigenvalue weighted by molar-refractivity contribution is 7.80. The molecule has 0 bridgehead atoms.